The van der Waals surface area contributed by atoms with Crippen molar-refractivity contribution < 1.29 is 9.47 Å². The van der Waals surface area contributed by atoms with Crippen molar-refractivity contribution in [3.05, 3.63) is 22.2 Å². The number of nitrogens with zero attached hydrogens (tertiary/aromatic N) is 2. The van der Waals surface area contributed by atoms with Crippen LogP contribution in [0.2, 0.25) is 0 Å². The summed E-state index contributed by atoms with van der Waals surface area (Å²) in [5, 5.41) is 4.43. The molecule has 0 amide bonds. The largest absolute Gasteiger partial charge is 0.489 e. The van der Waals surface area contributed by atoms with Crippen LogP contribution in [0.25, 0.3) is 11.3 Å². The molecule has 1 aliphatic heterocycles. The molecular formula is C14H16BrN3O2. The van der Waals surface area contributed by atoms with Crippen molar-refractivity contribution in [1.82, 2.24) is 9.78 Å². The number of nitrogens with two attached hydrogens (primary N) is 1. The van der Waals surface area contributed by atoms with Gasteiger partial charge in [-0.25, -0.2) is 0 Å². The molecule has 106 valence electrons. The van der Waals surface area contributed by atoms with Gasteiger partial charge in [-0.15, -0.1) is 0 Å². The Kier molecular flexibility index (Phi) is 3.33. The molecule has 0 unspecified atom stereocenters. The molecule has 2 N–H and O–H groups in total. The van der Waals surface area contributed by atoms with Gasteiger partial charge in [0.2, 0.25) is 0 Å². The van der Waals surface area contributed by atoms with Crippen molar-refractivity contribution in [2.24, 2.45) is 7.05 Å². The number of hydrogen-bond donors (Lipinski definition) is 1. The van der Waals surface area contributed by atoms with Gasteiger partial charge < -0.3 is 15.2 Å². The minimum atomic E-state index is 0.627. The van der Waals surface area contributed by atoms with Crippen LogP contribution in [0.4, 0.5) is 5.82 Å². The van der Waals surface area contributed by atoms with Crippen LogP contribution in [0.5, 0.6) is 11.5 Å². The van der Waals surface area contributed by atoms with Crippen LogP contribution >= 0.6 is 15.9 Å². The first-order valence-corrected chi connectivity index (χ1v) is 7.26. The third kappa shape index (κ3) is 2.14. The topological polar surface area (TPSA) is 62.3 Å². The predicted octanol–water partition coefficient (Wildman–Crippen LogP) is 2.90. The molecule has 0 spiro atoms. The van der Waals surface area contributed by atoms with Crippen molar-refractivity contribution in [3.8, 4) is 22.8 Å². The number of benzene rings is 1. The molecule has 0 saturated carbocycles. The average molecular weight is 338 g/mol. The van der Waals surface area contributed by atoms with E-state index in [1.54, 1.807) is 4.68 Å². The van der Waals surface area contributed by atoms with Gasteiger partial charge in [0.15, 0.2) is 11.5 Å². The van der Waals surface area contributed by atoms with Crippen LogP contribution in [-0.2, 0) is 7.05 Å². The van der Waals surface area contributed by atoms with Crippen LogP contribution < -0.4 is 15.2 Å². The number of halogens is 1. The van der Waals surface area contributed by atoms with E-state index in [2.05, 4.69) is 21.0 Å². The minimum Gasteiger partial charge on any atom is -0.489 e. The number of aromatic nitrogens is 2. The highest BCUT2D eigenvalue weighted by atomic mass is 79.9. The lowest BCUT2D eigenvalue weighted by atomic mass is 10.0. The highest BCUT2D eigenvalue weighted by Crippen LogP contribution is 2.44. The Balaban J connectivity index is 2.17. The summed E-state index contributed by atoms with van der Waals surface area (Å²) in [6.07, 6.45) is 0.881. The third-order valence-electron chi connectivity index (χ3n) is 3.41. The zero-order valence-corrected chi connectivity index (χ0v) is 13.0. The molecule has 0 saturated heterocycles. The summed E-state index contributed by atoms with van der Waals surface area (Å²) in [4.78, 5) is 0. The van der Waals surface area contributed by atoms with Gasteiger partial charge >= 0.3 is 0 Å². The summed E-state index contributed by atoms with van der Waals surface area (Å²) < 4.78 is 14.1. The van der Waals surface area contributed by atoms with E-state index in [1.165, 1.54) is 0 Å². The Morgan fingerprint density at radius 1 is 1.25 bits per heavy atom. The molecule has 0 bridgehead atoms. The van der Waals surface area contributed by atoms with E-state index in [0.29, 0.717) is 19.0 Å². The maximum atomic E-state index is 5.86. The fraction of sp³-hybridized carbons (Fsp3) is 0.357. The summed E-state index contributed by atoms with van der Waals surface area (Å²) in [5.74, 6) is 2.19. The minimum absolute atomic E-state index is 0.627. The standard InChI is InChI=1S/C14H16BrN3O2/c1-8-9(11-7-12(16)18(2)17-11)6-10(15)14-13(8)19-4-3-5-20-14/h6-7H,3-5,16H2,1-2H3. The smallest absolute Gasteiger partial charge is 0.175 e. The molecule has 0 radical (unpaired) electrons. The molecule has 1 aromatic carbocycles. The second-order valence-electron chi connectivity index (χ2n) is 4.82. The summed E-state index contributed by atoms with van der Waals surface area (Å²) in [7, 11) is 1.83. The Bertz CT molecular complexity index is 647. The number of rotatable bonds is 1. The fourth-order valence-electron chi connectivity index (χ4n) is 2.30. The highest BCUT2D eigenvalue weighted by Gasteiger charge is 2.21. The highest BCUT2D eigenvalue weighted by molar-refractivity contribution is 9.10. The number of nitrogen functional groups attached to an aromatic ring is 1. The Morgan fingerprint density at radius 3 is 2.60 bits per heavy atom. The SMILES string of the molecule is Cc1c(-c2cc(N)n(C)n2)cc(Br)c2c1OCCCO2. The molecule has 1 aromatic heterocycles. The monoisotopic (exact) mass is 337 g/mol. The number of anilines is 1. The normalized spacial score (nSPS) is 14.2. The molecule has 2 heterocycles. The molecule has 20 heavy (non-hydrogen) atoms. The molecule has 3 rings (SSSR count). The first-order valence-electron chi connectivity index (χ1n) is 6.46. The van der Waals surface area contributed by atoms with E-state index in [1.807, 2.05) is 26.1 Å². The van der Waals surface area contributed by atoms with Gasteiger partial charge in [-0.05, 0) is 28.9 Å². The maximum Gasteiger partial charge on any atom is 0.175 e. The van der Waals surface area contributed by atoms with Crippen LogP contribution in [0, 0.1) is 6.92 Å². The molecule has 1 aliphatic rings. The fourth-order valence-corrected chi connectivity index (χ4v) is 2.82. The molecule has 2 aromatic rings. The lowest BCUT2D eigenvalue weighted by Gasteiger charge is -2.15. The van der Waals surface area contributed by atoms with E-state index in [0.717, 1.165) is 39.2 Å². The average Bonchev–Trinajstić information content (AvgIpc) is 2.66. The lowest BCUT2D eigenvalue weighted by Crippen LogP contribution is -1.98. The van der Waals surface area contributed by atoms with Gasteiger partial charge in [-0.1, -0.05) is 0 Å². The maximum absolute atomic E-state index is 5.86. The van der Waals surface area contributed by atoms with E-state index in [9.17, 15) is 0 Å². The van der Waals surface area contributed by atoms with Crippen molar-refractivity contribution >= 4 is 21.7 Å². The summed E-state index contributed by atoms with van der Waals surface area (Å²) in [5.41, 5.74) is 8.70. The van der Waals surface area contributed by atoms with Crippen LogP contribution in [-0.4, -0.2) is 23.0 Å². The molecular weight excluding hydrogens is 322 g/mol. The van der Waals surface area contributed by atoms with Gasteiger partial charge in [0, 0.05) is 30.7 Å². The van der Waals surface area contributed by atoms with Crippen LogP contribution in [0.1, 0.15) is 12.0 Å². The summed E-state index contributed by atoms with van der Waals surface area (Å²) >= 11 is 3.55. The Hall–Kier alpha value is -1.69. The molecule has 0 atom stereocenters. The van der Waals surface area contributed by atoms with Crippen molar-refractivity contribution in [2.45, 2.75) is 13.3 Å². The summed E-state index contributed by atoms with van der Waals surface area (Å²) in [6.45, 7) is 3.34. The van der Waals surface area contributed by atoms with Gasteiger partial charge in [-0.2, -0.15) is 5.10 Å². The van der Waals surface area contributed by atoms with E-state index >= 15 is 0 Å². The van der Waals surface area contributed by atoms with Crippen molar-refractivity contribution in [2.75, 3.05) is 18.9 Å². The zero-order valence-electron chi connectivity index (χ0n) is 11.4. The first kappa shape index (κ1) is 13.3. The van der Waals surface area contributed by atoms with Crippen LogP contribution in [0.15, 0.2) is 16.6 Å². The van der Waals surface area contributed by atoms with E-state index in [4.69, 9.17) is 15.2 Å². The second-order valence-corrected chi connectivity index (χ2v) is 5.67. The number of aryl methyl sites for hydroxylation is 1. The van der Waals surface area contributed by atoms with Crippen molar-refractivity contribution in [3.63, 3.8) is 0 Å². The first-order chi connectivity index (χ1) is 9.58. The molecule has 0 fully saturated rings. The lowest BCUT2D eigenvalue weighted by molar-refractivity contribution is 0.296. The number of ether oxygens (including phenoxy) is 2. The Morgan fingerprint density at radius 2 is 1.95 bits per heavy atom. The van der Waals surface area contributed by atoms with Gasteiger partial charge in [-0.3, -0.25) is 4.68 Å². The summed E-state index contributed by atoms with van der Waals surface area (Å²) in [6, 6.07) is 3.86. The van der Waals surface area contributed by atoms with Gasteiger partial charge in [0.05, 0.1) is 23.4 Å². The third-order valence-corrected chi connectivity index (χ3v) is 4.00. The second kappa shape index (κ2) is 5.01. The van der Waals surface area contributed by atoms with E-state index < -0.39 is 0 Å². The molecule has 5 nitrogen and oxygen atoms in total. The van der Waals surface area contributed by atoms with Gasteiger partial charge in [0.1, 0.15) is 5.82 Å². The number of fused-ring (bicyclic) bond motifs is 1. The molecule has 6 heteroatoms. The number of hydrogen-bond acceptors (Lipinski definition) is 4. The van der Waals surface area contributed by atoms with Gasteiger partial charge in [0.25, 0.3) is 0 Å². The Labute approximate surface area is 125 Å². The van der Waals surface area contributed by atoms with E-state index in [-0.39, 0.29) is 0 Å². The van der Waals surface area contributed by atoms with Crippen molar-refractivity contribution in [1.29, 1.82) is 0 Å². The zero-order chi connectivity index (χ0) is 14.3. The van der Waals surface area contributed by atoms with Crippen LogP contribution in [0.3, 0.4) is 0 Å². The molecule has 0 aliphatic carbocycles. The quantitative estimate of drug-likeness (QED) is 0.869. The predicted molar refractivity (Wildman–Crippen MR) is 81.1 cm³/mol.